The molecule has 1 saturated carbocycles. The van der Waals surface area contributed by atoms with Crippen molar-refractivity contribution in [2.24, 2.45) is 0 Å². The van der Waals surface area contributed by atoms with Gasteiger partial charge in [-0.05, 0) is 19.3 Å². The Bertz CT molecular complexity index is 171. The van der Waals surface area contributed by atoms with Gasteiger partial charge in [-0.1, -0.05) is 6.42 Å². The SMILES string of the molecule is O=C(O)[C@]1(F)CCCC[C@@H]1O. The number of hydrogen-bond donors (Lipinski definition) is 2. The summed E-state index contributed by atoms with van der Waals surface area (Å²) in [6.45, 7) is 0. The Morgan fingerprint density at radius 3 is 2.55 bits per heavy atom. The van der Waals surface area contributed by atoms with Crippen LogP contribution in [-0.2, 0) is 4.79 Å². The van der Waals surface area contributed by atoms with Crippen molar-refractivity contribution in [3.8, 4) is 0 Å². The van der Waals surface area contributed by atoms with Gasteiger partial charge < -0.3 is 10.2 Å². The molecule has 2 atom stereocenters. The topological polar surface area (TPSA) is 57.5 Å². The van der Waals surface area contributed by atoms with Crippen LogP contribution in [-0.4, -0.2) is 28.0 Å². The van der Waals surface area contributed by atoms with Crippen molar-refractivity contribution in [1.29, 1.82) is 0 Å². The molecule has 2 N–H and O–H groups in total. The van der Waals surface area contributed by atoms with E-state index in [2.05, 4.69) is 0 Å². The number of halogens is 1. The number of rotatable bonds is 1. The number of carbonyl (C=O) groups is 1. The lowest BCUT2D eigenvalue weighted by atomic mass is 9.84. The van der Waals surface area contributed by atoms with E-state index in [1.54, 1.807) is 0 Å². The minimum Gasteiger partial charge on any atom is -0.479 e. The first-order valence-electron chi connectivity index (χ1n) is 3.68. The van der Waals surface area contributed by atoms with E-state index >= 15 is 0 Å². The van der Waals surface area contributed by atoms with E-state index in [-0.39, 0.29) is 12.8 Å². The monoisotopic (exact) mass is 162 g/mol. The molecular formula is C7H11FO3. The molecule has 0 radical (unpaired) electrons. The lowest BCUT2D eigenvalue weighted by Gasteiger charge is -2.30. The van der Waals surface area contributed by atoms with Gasteiger partial charge in [-0.3, -0.25) is 0 Å². The van der Waals surface area contributed by atoms with Gasteiger partial charge in [-0.15, -0.1) is 0 Å². The average Bonchev–Trinajstić information content (AvgIpc) is 1.95. The summed E-state index contributed by atoms with van der Waals surface area (Å²) in [7, 11) is 0. The predicted octanol–water partition coefficient (Wildman–Crippen LogP) is 0.714. The average molecular weight is 162 g/mol. The second-order valence-electron chi connectivity index (χ2n) is 2.93. The van der Waals surface area contributed by atoms with E-state index in [1.807, 2.05) is 0 Å². The molecular weight excluding hydrogens is 151 g/mol. The van der Waals surface area contributed by atoms with Gasteiger partial charge >= 0.3 is 5.97 Å². The van der Waals surface area contributed by atoms with Crippen LogP contribution in [0.4, 0.5) is 4.39 Å². The molecule has 0 spiro atoms. The summed E-state index contributed by atoms with van der Waals surface area (Å²) < 4.78 is 13.2. The van der Waals surface area contributed by atoms with Gasteiger partial charge in [0.2, 0.25) is 5.67 Å². The summed E-state index contributed by atoms with van der Waals surface area (Å²) in [5.41, 5.74) is -2.39. The molecule has 0 saturated heterocycles. The lowest BCUT2D eigenvalue weighted by molar-refractivity contribution is -0.163. The van der Waals surface area contributed by atoms with Crippen LogP contribution in [0, 0.1) is 0 Å². The van der Waals surface area contributed by atoms with Crippen LogP contribution in [0.5, 0.6) is 0 Å². The molecule has 0 heterocycles. The summed E-state index contributed by atoms with van der Waals surface area (Å²) in [5.74, 6) is -1.54. The zero-order chi connectivity index (χ0) is 8.48. The number of alkyl halides is 1. The number of carboxylic acid groups (broad SMARTS) is 1. The van der Waals surface area contributed by atoms with E-state index in [9.17, 15) is 9.18 Å². The molecule has 0 aromatic heterocycles. The molecule has 1 fully saturated rings. The maximum absolute atomic E-state index is 13.2. The zero-order valence-electron chi connectivity index (χ0n) is 6.09. The Morgan fingerprint density at radius 2 is 2.18 bits per heavy atom. The van der Waals surface area contributed by atoms with Crippen LogP contribution in [0.25, 0.3) is 0 Å². The lowest BCUT2D eigenvalue weighted by Crippen LogP contribution is -2.47. The number of hydrogen-bond acceptors (Lipinski definition) is 2. The second-order valence-corrected chi connectivity index (χ2v) is 2.93. The van der Waals surface area contributed by atoms with E-state index < -0.39 is 17.7 Å². The fraction of sp³-hybridized carbons (Fsp3) is 0.857. The third-order valence-corrected chi connectivity index (χ3v) is 2.15. The third kappa shape index (κ3) is 1.35. The van der Waals surface area contributed by atoms with Gasteiger partial charge in [-0.2, -0.15) is 0 Å². The van der Waals surface area contributed by atoms with Crippen molar-refractivity contribution in [2.75, 3.05) is 0 Å². The molecule has 1 aliphatic carbocycles. The van der Waals surface area contributed by atoms with Crippen LogP contribution >= 0.6 is 0 Å². The number of carboxylic acids is 1. The van der Waals surface area contributed by atoms with E-state index in [4.69, 9.17) is 10.2 Å². The molecule has 64 valence electrons. The second kappa shape index (κ2) is 2.77. The number of aliphatic hydroxyl groups excluding tert-OH is 1. The zero-order valence-corrected chi connectivity index (χ0v) is 6.09. The Hall–Kier alpha value is -0.640. The molecule has 0 bridgehead atoms. The van der Waals surface area contributed by atoms with Gasteiger partial charge in [0.15, 0.2) is 0 Å². The van der Waals surface area contributed by atoms with Crippen molar-refractivity contribution in [1.82, 2.24) is 0 Å². The summed E-state index contributed by atoms with van der Waals surface area (Å²) >= 11 is 0. The van der Waals surface area contributed by atoms with Crippen molar-refractivity contribution in [2.45, 2.75) is 37.5 Å². The quantitative estimate of drug-likeness (QED) is 0.597. The summed E-state index contributed by atoms with van der Waals surface area (Å²) in [6.07, 6.45) is 0.112. The smallest absolute Gasteiger partial charge is 0.344 e. The van der Waals surface area contributed by atoms with Gasteiger partial charge in [0.25, 0.3) is 0 Å². The number of aliphatic hydroxyl groups is 1. The van der Waals surface area contributed by atoms with Gasteiger partial charge in [0, 0.05) is 0 Å². The van der Waals surface area contributed by atoms with Crippen molar-refractivity contribution in [3.63, 3.8) is 0 Å². The molecule has 11 heavy (non-hydrogen) atoms. The first kappa shape index (κ1) is 8.46. The highest BCUT2D eigenvalue weighted by molar-refractivity contribution is 5.78. The first-order valence-corrected chi connectivity index (χ1v) is 3.68. The Labute approximate surface area is 63.8 Å². The van der Waals surface area contributed by atoms with Crippen LogP contribution in [0.2, 0.25) is 0 Å². The largest absolute Gasteiger partial charge is 0.479 e. The molecule has 0 amide bonds. The van der Waals surface area contributed by atoms with E-state index in [1.165, 1.54) is 0 Å². The fourth-order valence-corrected chi connectivity index (χ4v) is 1.36. The summed E-state index contributed by atoms with van der Waals surface area (Å²) in [4.78, 5) is 10.4. The molecule has 0 unspecified atom stereocenters. The minimum atomic E-state index is -2.39. The third-order valence-electron chi connectivity index (χ3n) is 2.15. The van der Waals surface area contributed by atoms with E-state index in [0.717, 1.165) is 0 Å². The molecule has 3 nitrogen and oxygen atoms in total. The van der Waals surface area contributed by atoms with Crippen LogP contribution < -0.4 is 0 Å². The normalized spacial score (nSPS) is 38.5. The number of aliphatic carboxylic acids is 1. The molecule has 1 aliphatic rings. The predicted molar refractivity (Wildman–Crippen MR) is 35.9 cm³/mol. The molecule has 0 aromatic carbocycles. The summed E-state index contributed by atoms with van der Waals surface area (Å²) in [5, 5.41) is 17.5. The molecule has 0 aromatic rings. The Morgan fingerprint density at radius 1 is 1.55 bits per heavy atom. The van der Waals surface area contributed by atoms with Gasteiger partial charge in [0.05, 0.1) is 6.10 Å². The molecule has 1 rings (SSSR count). The first-order chi connectivity index (χ1) is 5.07. The maximum Gasteiger partial charge on any atom is 0.344 e. The highest BCUT2D eigenvalue weighted by Crippen LogP contribution is 2.32. The highest BCUT2D eigenvalue weighted by Gasteiger charge is 2.47. The van der Waals surface area contributed by atoms with Crippen LogP contribution in [0.1, 0.15) is 25.7 Å². The van der Waals surface area contributed by atoms with Gasteiger partial charge in [0.1, 0.15) is 0 Å². The Kier molecular flexibility index (Phi) is 2.13. The highest BCUT2D eigenvalue weighted by atomic mass is 19.1. The van der Waals surface area contributed by atoms with Gasteiger partial charge in [-0.25, -0.2) is 9.18 Å². The fourth-order valence-electron chi connectivity index (χ4n) is 1.36. The van der Waals surface area contributed by atoms with Crippen LogP contribution in [0.15, 0.2) is 0 Å². The molecule has 0 aliphatic heterocycles. The minimum absolute atomic E-state index is 0.0660. The summed E-state index contributed by atoms with van der Waals surface area (Å²) in [6, 6.07) is 0. The van der Waals surface area contributed by atoms with Crippen molar-refractivity contribution >= 4 is 5.97 Å². The van der Waals surface area contributed by atoms with Crippen molar-refractivity contribution in [3.05, 3.63) is 0 Å². The maximum atomic E-state index is 13.2. The van der Waals surface area contributed by atoms with E-state index in [0.29, 0.717) is 12.8 Å². The Balaban J connectivity index is 2.72. The van der Waals surface area contributed by atoms with Crippen molar-refractivity contribution < 1.29 is 19.4 Å². The molecule has 4 heteroatoms. The van der Waals surface area contributed by atoms with Crippen LogP contribution in [0.3, 0.4) is 0 Å². The standard InChI is InChI=1S/C7H11FO3/c8-7(6(10)11)4-2-1-3-5(7)9/h5,9H,1-4H2,(H,10,11)/t5-,7-/m0/s1.